The molecule has 0 heterocycles. The van der Waals surface area contributed by atoms with E-state index in [1.54, 1.807) is 14.1 Å². The smallest absolute Gasteiger partial charge is 0.246 e. The summed E-state index contributed by atoms with van der Waals surface area (Å²) in [6.07, 6.45) is 0.742. The van der Waals surface area contributed by atoms with Gasteiger partial charge in [0.05, 0.1) is 6.54 Å². The molecule has 0 aromatic heterocycles. The van der Waals surface area contributed by atoms with Crippen LogP contribution >= 0.6 is 12.6 Å². The molecule has 110 valence electrons. The highest BCUT2D eigenvalue weighted by Crippen LogP contribution is 2.01. The van der Waals surface area contributed by atoms with Crippen molar-refractivity contribution in [3.63, 3.8) is 0 Å². The molecule has 0 bridgehead atoms. The molecule has 6 nitrogen and oxygen atoms in total. The molecule has 0 aromatic carbocycles. The topological polar surface area (TPSA) is 69.7 Å². The zero-order chi connectivity index (χ0) is 15.0. The first-order valence-corrected chi connectivity index (χ1v) is 6.83. The van der Waals surface area contributed by atoms with Gasteiger partial charge in [-0.1, -0.05) is 6.92 Å². The number of nitrogens with one attached hydrogen (secondary N) is 1. The quantitative estimate of drug-likeness (QED) is 0.635. The van der Waals surface area contributed by atoms with Crippen LogP contribution in [0.2, 0.25) is 0 Å². The van der Waals surface area contributed by atoms with E-state index < -0.39 is 6.04 Å². The molecule has 1 atom stereocenters. The second kappa shape index (κ2) is 8.79. The van der Waals surface area contributed by atoms with Gasteiger partial charge in [-0.15, -0.1) is 0 Å². The Morgan fingerprint density at radius 1 is 1.26 bits per heavy atom. The fourth-order valence-corrected chi connectivity index (χ4v) is 1.74. The predicted octanol–water partition coefficient (Wildman–Crippen LogP) is -0.252. The van der Waals surface area contributed by atoms with Crippen LogP contribution in [0, 0.1) is 0 Å². The second-order valence-corrected chi connectivity index (χ2v) is 4.85. The molecule has 0 spiro atoms. The first-order valence-electron chi connectivity index (χ1n) is 6.20. The number of rotatable bonds is 7. The maximum absolute atomic E-state index is 12.2. The van der Waals surface area contributed by atoms with Gasteiger partial charge in [0.2, 0.25) is 17.7 Å². The number of thiol groups is 1. The van der Waals surface area contributed by atoms with Gasteiger partial charge in [0.15, 0.2) is 0 Å². The Bertz CT molecular complexity index is 334. The van der Waals surface area contributed by atoms with Crippen LogP contribution in [0.25, 0.3) is 0 Å². The number of hydrogen-bond donors (Lipinski definition) is 2. The van der Waals surface area contributed by atoms with Gasteiger partial charge in [0, 0.05) is 33.3 Å². The van der Waals surface area contributed by atoms with Crippen molar-refractivity contribution in [1.82, 2.24) is 15.1 Å². The molecule has 0 fully saturated rings. The minimum absolute atomic E-state index is 0.0174. The van der Waals surface area contributed by atoms with E-state index in [4.69, 9.17) is 0 Å². The molecule has 0 saturated heterocycles. The largest absolute Gasteiger partial charge is 0.347 e. The van der Waals surface area contributed by atoms with Gasteiger partial charge < -0.3 is 15.1 Å². The fourth-order valence-electron chi connectivity index (χ4n) is 1.49. The predicted molar refractivity (Wildman–Crippen MR) is 77.0 cm³/mol. The van der Waals surface area contributed by atoms with E-state index in [0.29, 0.717) is 6.54 Å². The lowest BCUT2D eigenvalue weighted by molar-refractivity contribution is -0.141. The summed E-state index contributed by atoms with van der Waals surface area (Å²) < 4.78 is 0. The molecule has 0 rings (SSSR count). The molecule has 0 radical (unpaired) electrons. The average molecular weight is 289 g/mol. The lowest BCUT2D eigenvalue weighted by atomic mass is 10.2. The summed E-state index contributed by atoms with van der Waals surface area (Å²) in [7, 11) is 3.28. The molecular weight excluding hydrogens is 266 g/mol. The fraction of sp³-hybridized carbons (Fsp3) is 0.750. The van der Waals surface area contributed by atoms with E-state index in [1.165, 1.54) is 16.7 Å². The van der Waals surface area contributed by atoms with Crippen LogP contribution in [-0.2, 0) is 14.4 Å². The Labute approximate surface area is 119 Å². The van der Waals surface area contributed by atoms with E-state index in [2.05, 4.69) is 17.9 Å². The van der Waals surface area contributed by atoms with Crippen LogP contribution in [0.3, 0.4) is 0 Å². The molecule has 0 aromatic rings. The molecule has 3 amide bonds. The summed E-state index contributed by atoms with van der Waals surface area (Å²) in [5.41, 5.74) is 0. The van der Waals surface area contributed by atoms with E-state index in [-0.39, 0.29) is 30.0 Å². The number of carbonyl (C=O) groups excluding carboxylic acids is 3. The maximum atomic E-state index is 12.2. The van der Waals surface area contributed by atoms with Gasteiger partial charge in [-0.05, 0) is 6.42 Å². The first kappa shape index (κ1) is 17.8. The van der Waals surface area contributed by atoms with Crippen LogP contribution in [0.15, 0.2) is 0 Å². The van der Waals surface area contributed by atoms with Gasteiger partial charge >= 0.3 is 0 Å². The average Bonchev–Trinajstić information content (AvgIpc) is 2.34. The molecule has 0 aliphatic carbocycles. The van der Waals surface area contributed by atoms with Crippen LogP contribution in [-0.4, -0.2) is 66.5 Å². The summed E-state index contributed by atoms with van der Waals surface area (Å²) in [5.74, 6) is -0.512. The van der Waals surface area contributed by atoms with Crippen molar-refractivity contribution < 1.29 is 14.4 Å². The van der Waals surface area contributed by atoms with Crippen LogP contribution in [0.1, 0.15) is 20.3 Å². The maximum Gasteiger partial charge on any atom is 0.246 e. The Kier molecular flexibility index (Phi) is 8.22. The number of hydrogen-bond acceptors (Lipinski definition) is 4. The molecule has 19 heavy (non-hydrogen) atoms. The highest BCUT2D eigenvalue weighted by molar-refractivity contribution is 7.80. The van der Waals surface area contributed by atoms with Crippen molar-refractivity contribution in [2.24, 2.45) is 0 Å². The molecule has 0 aliphatic rings. The Hall–Kier alpha value is -1.24. The SMILES string of the molecule is CCCN(CC(=O)N(C)C)C(=O)C(CS)NC(C)=O. The molecule has 7 heteroatoms. The van der Waals surface area contributed by atoms with E-state index >= 15 is 0 Å². The lowest BCUT2D eigenvalue weighted by Crippen LogP contribution is -2.51. The summed E-state index contributed by atoms with van der Waals surface area (Å²) in [4.78, 5) is 37.9. The van der Waals surface area contributed by atoms with Gasteiger partial charge in [-0.25, -0.2) is 0 Å². The normalized spacial score (nSPS) is 11.6. The van der Waals surface area contributed by atoms with Crippen molar-refractivity contribution in [2.75, 3.05) is 32.9 Å². The molecule has 0 aliphatic heterocycles. The molecule has 1 unspecified atom stereocenters. The third-order valence-electron chi connectivity index (χ3n) is 2.49. The Balaban J connectivity index is 4.79. The summed E-state index contributed by atoms with van der Waals surface area (Å²) in [5, 5.41) is 2.54. The number of amides is 3. The molecule has 1 N–H and O–H groups in total. The summed E-state index contributed by atoms with van der Waals surface area (Å²) >= 11 is 4.07. The highest BCUT2D eigenvalue weighted by atomic mass is 32.1. The van der Waals surface area contributed by atoms with Crippen molar-refractivity contribution in [3.05, 3.63) is 0 Å². The monoisotopic (exact) mass is 289 g/mol. The van der Waals surface area contributed by atoms with E-state index in [1.807, 2.05) is 6.92 Å². The van der Waals surface area contributed by atoms with E-state index in [9.17, 15) is 14.4 Å². The first-order chi connectivity index (χ1) is 8.83. The number of carbonyl (C=O) groups is 3. The second-order valence-electron chi connectivity index (χ2n) is 4.48. The Morgan fingerprint density at radius 3 is 2.21 bits per heavy atom. The van der Waals surface area contributed by atoms with Gasteiger partial charge in [-0.3, -0.25) is 14.4 Å². The van der Waals surface area contributed by atoms with E-state index in [0.717, 1.165) is 6.42 Å². The minimum Gasteiger partial charge on any atom is -0.347 e. The van der Waals surface area contributed by atoms with Crippen LogP contribution < -0.4 is 5.32 Å². The number of nitrogens with zero attached hydrogens (tertiary/aromatic N) is 2. The van der Waals surface area contributed by atoms with Gasteiger partial charge in [0.1, 0.15) is 6.04 Å². The zero-order valence-corrected chi connectivity index (χ0v) is 12.9. The van der Waals surface area contributed by atoms with Gasteiger partial charge in [-0.2, -0.15) is 12.6 Å². The summed E-state index contributed by atoms with van der Waals surface area (Å²) in [6.45, 7) is 3.76. The van der Waals surface area contributed by atoms with Crippen molar-refractivity contribution in [3.8, 4) is 0 Å². The van der Waals surface area contributed by atoms with Gasteiger partial charge in [0.25, 0.3) is 0 Å². The van der Waals surface area contributed by atoms with Crippen LogP contribution in [0.4, 0.5) is 0 Å². The zero-order valence-electron chi connectivity index (χ0n) is 12.0. The summed E-state index contributed by atoms with van der Waals surface area (Å²) in [6, 6.07) is -0.692. The standard InChI is InChI=1S/C12H23N3O3S/c1-5-6-15(7-11(17)14(3)4)12(18)10(8-19)13-9(2)16/h10,19H,5-8H2,1-4H3,(H,13,16). The highest BCUT2D eigenvalue weighted by Gasteiger charge is 2.25. The Morgan fingerprint density at radius 2 is 1.84 bits per heavy atom. The third-order valence-corrected chi connectivity index (χ3v) is 2.85. The van der Waals surface area contributed by atoms with Crippen molar-refractivity contribution >= 4 is 30.4 Å². The third kappa shape index (κ3) is 6.47. The lowest BCUT2D eigenvalue weighted by Gasteiger charge is -2.27. The van der Waals surface area contributed by atoms with Crippen molar-refractivity contribution in [2.45, 2.75) is 26.3 Å². The van der Waals surface area contributed by atoms with Crippen molar-refractivity contribution in [1.29, 1.82) is 0 Å². The molecular formula is C12H23N3O3S. The molecule has 0 saturated carbocycles. The minimum atomic E-state index is -0.692. The van der Waals surface area contributed by atoms with Crippen LogP contribution in [0.5, 0.6) is 0 Å². The number of likely N-dealkylation sites (N-methyl/N-ethyl adjacent to an activating group) is 1.